The molecular formula is C29H49NO5. The fourth-order valence-electron chi connectivity index (χ4n) is 3.53. The number of carbonyl (C=O) groups excluding carboxylic acids is 2. The first-order valence-electron chi connectivity index (χ1n) is 13.7. The Hall–Kier alpha value is -2.37. The van der Waals surface area contributed by atoms with E-state index in [1.807, 2.05) is 24.3 Å². The Balaban J connectivity index is 4.26. The summed E-state index contributed by atoms with van der Waals surface area (Å²) in [6.45, 7) is 3.99. The maximum atomic E-state index is 12.3. The van der Waals surface area contributed by atoms with E-state index in [9.17, 15) is 14.4 Å². The van der Waals surface area contributed by atoms with Gasteiger partial charge in [0, 0.05) is 12.8 Å². The van der Waals surface area contributed by atoms with Crippen molar-refractivity contribution in [2.24, 2.45) is 0 Å². The maximum Gasteiger partial charge on any atom is 0.322 e. The number of carboxylic acids is 1. The van der Waals surface area contributed by atoms with Crippen LogP contribution in [0.2, 0.25) is 0 Å². The van der Waals surface area contributed by atoms with Gasteiger partial charge in [-0.15, -0.1) is 0 Å². The summed E-state index contributed by atoms with van der Waals surface area (Å²) >= 11 is 0. The van der Waals surface area contributed by atoms with Crippen molar-refractivity contribution >= 4 is 17.8 Å². The van der Waals surface area contributed by atoms with E-state index in [4.69, 9.17) is 9.84 Å². The van der Waals surface area contributed by atoms with Crippen LogP contribution in [-0.2, 0) is 19.1 Å². The van der Waals surface area contributed by atoms with Gasteiger partial charge in [0.15, 0.2) is 0 Å². The highest BCUT2D eigenvalue weighted by Gasteiger charge is 2.08. The van der Waals surface area contributed by atoms with Crippen molar-refractivity contribution in [1.29, 1.82) is 0 Å². The smallest absolute Gasteiger partial charge is 0.322 e. The number of rotatable bonds is 23. The van der Waals surface area contributed by atoms with E-state index in [1.165, 1.54) is 38.5 Å². The van der Waals surface area contributed by atoms with Gasteiger partial charge in [-0.05, 0) is 50.7 Å². The Labute approximate surface area is 213 Å². The van der Waals surface area contributed by atoms with Gasteiger partial charge in [0.25, 0.3) is 0 Å². The molecule has 35 heavy (non-hydrogen) atoms. The molecule has 0 aliphatic carbocycles. The molecule has 0 heterocycles. The molecule has 0 radical (unpaired) electrons. The van der Waals surface area contributed by atoms with Crippen LogP contribution in [0.5, 0.6) is 0 Å². The molecule has 0 saturated carbocycles. The molecule has 1 atom stereocenters. The predicted molar refractivity (Wildman–Crippen MR) is 143 cm³/mol. The Morgan fingerprint density at radius 2 is 1.40 bits per heavy atom. The molecular weight excluding hydrogens is 442 g/mol. The number of ether oxygens (including phenoxy) is 1. The third-order valence-corrected chi connectivity index (χ3v) is 5.54. The van der Waals surface area contributed by atoms with Gasteiger partial charge in [-0.1, -0.05) is 89.5 Å². The Bertz CT molecular complexity index is 639. The quantitative estimate of drug-likeness (QED) is 0.0907. The van der Waals surface area contributed by atoms with E-state index in [-0.39, 0.29) is 24.5 Å². The third-order valence-electron chi connectivity index (χ3n) is 5.54. The van der Waals surface area contributed by atoms with Crippen LogP contribution in [-0.4, -0.2) is 35.6 Å². The molecule has 0 spiro atoms. The summed E-state index contributed by atoms with van der Waals surface area (Å²) in [5, 5.41) is 10.9. The summed E-state index contributed by atoms with van der Waals surface area (Å²) in [4.78, 5) is 34.3. The normalized spacial score (nSPS) is 12.5. The second-order valence-electron chi connectivity index (χ2n) is 8.92. The number of carboxylic acid groups (broad SMARTS) is 1. The zero-order chi connectivity index (χ0) is 26.0. The highest BCUT2D eigenvalue weighted by Crippen LogP contribution is 2.11. The van der Waals surface area contributed by atoms with E-state index in [2.05, 4.69) is 31.3 Å². The molecule has 0 saturated heterocycles. The summed E-state index contributed by atoms with van der Waals surface area (Å²) < 4.78 is 5.68. The lowest BCUT2D eigenvalue weighted by Crippen LogP contribution is -2.28. The van der Waals surface area contributed by atoms with Crippen molar-refractivity contribution in [2.45, 2.75) is 123 Å². The van der Waals surface area contributed by atoms with Crippen molar-refractivity contribution in [2.75, 3.05) is 6.54 Å². The van der Waals surface area contributed by atoms with Gasteiger partial charge in [-0.2, -0.15) is 0 Å². The van der Waals surface area contributed by atoms with Gasteiger partial charge in [0.2, 0.25) is 5.91 Å². The van der Waals surface area contributed by atoms with Crippen LogP contribution >= 0.6 is 0 Å². The molecule has 6 heteroatoms. The molecule has 1 amide bonds. The van der Waals surface area contributed by atoms with Crippen LogP contribution in [0, 0.1) is 0 Å². The highest BCUT2D eigenvalue weighted by molar-refractivity contribution is 5.80. The Morgan fingerprint density at radius 1 is 0.771 bits per heavy atom. The van der Waals surface area contributed by atoms with Crippen LogP contribution in [0.1, 0.15) is 117 Å². The van der Waals surface area contributed by atoms with E-state index in [0.717, 1.165) is 51.4 Å². The number of hydrogen-bond acceptors (Lipinski definition) is 4. The SMILES string of the molecule is CC/C=C\C/C=C\C(/C=C\CCCCCC(=O)NCC(=O)O)OC(=O)CCCCCCCCCC. The number of esters is 1. The van der Waals surface area contributed by atoms with E-state index >= 15 is 0 Å². The zero-order valence-corrected chi connectivity index (χ0v) is 22.1. The molecule has 0 aliphatic heterocycles. The molecule has 0 aromatic heterocycles. The first kappa shape index (κ1) is 32.6. The molecule has 0 aliphatic rings. The molecule has 0 bridgehead atoms. The van der Waals surface area contributed by atoms with Gasteiger partial charge in [-0.25, -0.2) is 0 Å². The number of unbranched alkanes of at least 4 members (excludes halogenated alkanes) is 10. The average molecular weight is 492 g/mol. The Kier molecular flexibility index (Phi) is 23.1. The molecule has 0 rings (SSSR count). The van der Waals surface area contributed by atoms with Gasteiger partial charge >= 0.3 is 11.9 Å². The number of amides is 1. The first-order valence-corrected chi connectivity index (χ1v) is 13.7. The molecule has 200 valence electrons. The van der Waals surface area contributed by atoms with Crippen molar-refractivity contribution in [3.8, 4) is 0 Å². The van der Waals surface area contributed by atoms with Crippen molar-refractivity contribution in [3.05, 3.63) is 36.5 Å². The van der Waals surface area contributed by atoms with Crippen molar-refractivity contribution < 1.29 is 24.2 Å². The lowest BCUT2D eigenvalue weighted by atomic mass is 10.1. The second-order valence-corrected chi connectivity index (χ2v) is 8.92. The number of aliphatic carboxylic acids is 1. The third kappa shape index (κ3) is 24.6. The molecule has 0 fully saturated rings. The van der Waals surface area contributed by atoms with Crippen LogP contribution in [0.15, 0.2) is 36.5 Å². The standard InChI is InChI=1S/C29H49NO5/c1-3-5-7-9-10-11-16-20-24-29(34)35-26(21-17-13-8-6-4-2)22-18-14-12-15-19-23-27(31)30-25-28(32)33/h6,8,17-18,21-22,26H,3-5,7,9-16,19-20,23-25H2,1-2H3,(H,30,31)(H,32,33)/b8-6-,21-17-,22-18-. The van der Waals surface area contributed by atoms with Crippen LogP contribution < -0.4 is 5.32 Å². The lowest BCUT2D eigenvalue weighted by molar-refractivity contribution is -0.145. The Morgan fingerprint density at radius 3 is 2.09 bits per heavy atom. The van der Waals surface area contributed by atoms with E-state index in [0.29, 0.717) is 12.8 Å². The molecule has 0 aromatic rings. The van der Waals surface area contributed by atoms with Gasteiger partial charge in [-0.3, -0.25) is 14.4 Å². The summed E-state index contributed by atoms with van der Waals surface area (Å²) in [6, 6.07) is 0. The largest absolute Gasteiger partial charge is 0.480 e. The lowest BCUT2D eigenvalue weighted by Gasteiger charge is -2.11. The average Bonchev–Trinajstić information content (AvgIpc) is 2.83. The fraction of sp³-hybridized carbons (Fsp3) is 0.690. The minimum absolute atomic E-state index is 0.147. The van der Waals surface area contributed by atoms with Crippen molar-refractivity contribution in [1.82, 2.24) is 5.32 Å². The topological polar surface area (TPSA) is 92.7 Å². The monoisotopic (exact) mass is 491 g/mol. The number of allylic oxidation sites excluding steroid dienone is 4. The maximum absolute atomic E-state index is 12.3. The minimum Gasteiger partial charge on any atom is -0.480 e. The molecule has 2 N–H and O–H groups in total. The molecule has 1 unspecified atom stereocenters. The second kappa shape index (κ2) is 24.7. The summed E-state index contributed by atoms with van der Waals surface area (Å²) in [6.07, 6.45) is 27.4. The van der Waals surface area contributed by atoms with Crippen molar-refractivity contribution in [3.63, 3.8) is 0 Å². The zero-order valence-electron chi connectivity index (χ0n) is 22.1. The molecule has 6 nitrogen and oxygen atoms in total. The van der Waals surface area contributed by atoms with Crippen LogP contribution in [0.3, 0.4) is 0 Å². The van der Waals surface area contributed by atoms with E-state index < -0.39 is 5.97 Å². The van der Waals surface area contributed by atoms with Gasteiger partial charge in [0.05, 0.1) is 0 Å². The van der Waals surface area contributed by atoms with Crippen LogP contribution in [0.25, 0.3) is 0 Å². The van der Waals surface area contributed by atoms with E-state index in [1.54, 1.807) is 0 Å². The number of hydrogen-bond donors (Lipinski definition) is 2. The number of carbonyl (C=O) groups is 3. The fourth-order valence-corrected chi connectivity index (χ4v) is 3.53. The highest BCUT2D eigenvalue weighted by atomic mass is 16.5. The summed E-state index contributed by atoms with van der Waals surface area (Å²) in [5.41, 5.74) is 0. The van der Waals surface area contributed by atoms with Gasteiger partial charge in [0.1, 0.15) is 12.6 Å². The first-order chi connectivity index (χ1) is 17.0. The summed E-state index contributed by atoms with van der Waals surface area (Å²) in [7, 11) is 0. The van der Waals surface area contributed by atoms with Gasteiger partial charge < -0.3 is 15.2 Å². The van der Waals surface area contributed by atoms with Crippen LogP contribution in [0.4, 0.5) is 0 Å². The minimum atomic E-state index is -1.04. The predicted octanol–water partition coefficient (Wildman–Crippen LogP) is 7.05. The molecule has 0 aromatic carbocycles. The summed E-state index contributed by atoms with van der Waals surface area (Å²) in [5.74, 6) is -1.41. The number of nitrogens with one attached hydrogen (secondary N) is 1.